The number of likely N-dealkylation sites (N-methyl/N-ethyl adjacent to an activating group) is 1. The maximum atomic E-state index is 12.1. The van der Waals surface area contributed by atoms with E-state index in [1.807, 2.05) is 37.4 Å². The number of carbonyl (C=O) groups is 1. The molecule has 0 aliphatic carbocycles. The van der Waals surface area contributed by atoms with Crippen LogP contribution in [0, 0.1) is 6.92 Å². The topological polar surface area (TPSA) is 20.3 Å². The van der Waals surface area contributed by atoms with Gasteiger partial charge in [0.05, 0.1) is 6.42 Å². The van der Waals surface area contributed by atoms with Crippen LogP contribution in [-0.4, -0.2) is 17.9 Å². The predicted octanol–water partition coefficient (Wildman–Crippen LogP) is 3.20. The van der Waals surface area contributed by atoms with Gasteiger partial charge in [0.25, 0.3) is 0 Å². The summed E-state index contributed by atoms with van der Waals surface area (Å²) >= 11 is 0. The number of amides is 1. The molecular weight excluding hydrogens is 234 g/mol. The van der Waals surface area contributed by atoms with E-state index in [-0.39, 0.29) is 5.91 Å². The van der Waals surface area contributed by atoms with Gasteiger partial charge in [-0.05, 0) is 18.1 Å². The van der Waals surface area contributed by atoms with Crippen LogP contribution in [0.25, 0.3) is 0 Å². The molecule has 0 fully saturated rings. The van der Waals surface area contributed by atoms with Crippen molar-refractivity contribution in [2.24, 2.45) is 0 Å². The Bertz CT molecular complexity index is 531. The van der Waals surface area contributed by atoms with Gasteiger partial charge in [-0.25, -0.2) is 0 Å². The molecule has 2 rings (SSSR count). The van der Waals surface area contributed by atoms with Crippen LogP contribution >= 0.6 is 0 Å². The monoisotopic (exact) mass is 253 g/mol. The second-order valence-electron chi connectivity index (χ2n) is 4.90. The molecule has 2 heteroatoms. The first-order valence-corrected chi connectivity index (χ1v) is 6.48. The largest absolute Gasteiger partial charge is 0.341 e. The highest BCUT2D eigenvalue weighted by Crippen LogP contribution is 2.08. The maximum Gasteiger partial charge on any atom is 0.227 e. The number of aryl methyl sites for hydroxylation is 1. The fourth-order valence-electron chi connectivity index (χ4n) is 1.96. The molecule has 0 spiro atoms. The zero-order valence-corrected chi connectivity index (χ0v) is 11.5. The van der Waals surface area contributed by atoms with Gasteiger partial charge in [-0.3, -0.25) is 4.79 Å². The molecule has 0 aromatic heterocycles. The van der Waals surface area contributed by atoms with Crippen LogP contribution in [0.3, 0.4) is 0 Å². The van der Waals surface area contributed by atoms with E-state index in [4.69, 9.17) is 0 Å². The Morgan fingerprint density at radius 1 is 0.947 bits per heavy atom. The lowest BCUT2D eigenvalue weighted by atomic mass is 10.1. The molecule has 0 saturated carbocycles. The van der Waals surface area contributed by atoms with Gasteiger partial charge < -0.3 is 4.90 Å². The summed E-state index contributed by atoms with van der Waals surface area (Å²) in [5.74, 6) is 0.145. The van der Waals surface area contributed by atoms with Gasteiger partial charge in [0, 0.05) is 13.6 Å². The SMILES string of the molecule is Cc1ccc(CN(C)C(=O)Cc2ccccc2)cc1. The van der Waals surface area contributed by atoms with Crippen molar-refractivity contribution in [3.05, 3.63) is 71.3 Å². The number of nitrogens with zero attached hydrogens (tertiary/aromatic N) is 1. The van der Waals surface area contributed by atoms with Crippen LogP contribution in [-0.2, 0) is 17.8 Å². The zero-order chi connectivity index (χ0) is 13.7. The lowest BCUT2D eigenvalue weighted by Crippen LogP contribution is -2.27. The van der Waals surface area contributed by atoms with Crippen LogP contribution < -0.4 is 0 Å². The Kier molecular flexibility index (Phi) is 4.35. The minimum absolute atomic E-state index is 0.145. The smallest absolute Gasteiger partial charge is 0.227 e. The first-order valence-electron chi connectivity index (χ1n) is 6.48. The molecule has 2 nitrogen and oxygen atoms in total. The number of hydrogen-bond acceptors (Lipinski definition) is 1. The first-order chi connectivity index (χ1) is 9.15. The minimum Gasteiger partial charge on any atom is -0.341 e. The third-order valence-corrected chi connectivity index (χ3v) is 3.16. The molecule has 19 heavy (non-hydrogen) atoms. The van der Waals surface area contributed by atoms with Gasteiger partial charge in [-0.15, -0.1) is 0 Å². The number of rotatable bonds is 4. The Labute approximate surface area is 114 Å². The Morgan fingerprint density at radius 3 is 2.21 bits per heavy atom. The third kappa shape index (κ3) is 3.95. The van der Waals surface area contributed by atoms with E-state index in [1.54, 1.807) is 4.90 Å². The van der Waals surface area contributed by atoms with Gasteiger partial charge in [-0.1, -0.05) is 60.2 Å². The van der Waals surface area contributed by atoms with E-state index in [9.17, 15) is 4.79 Å². The molecular formula is C17H19NO. The van der Waals surface area contributed by atoms with E-state index >= 15 is 0 Å². The molecule has 0 aliphatic rings. The average Bonchev–Trinajstić information content (AvgIpc) is 2.42. The number of benzene rings is 2. The molecule has 0 atom stereocenters. The lowest BCUT2D eigenvalue weighted by Gasteiger charge is -2.17. The van der Waals surface area contributed by atoms with E-state index in [0.717, 1.165) is 11.1 Å². The van der Waals surface area contributed by atoms with Crippen LogP contribution in [0.15, 0.2) is 54.6 Å². The van der Waals surface area contributed by atoms with Crippen LogP contribution in [0.4, 0.5) is 0 Å². The molecule has 2 aromatic carbocycles. The Balaban J connectivity index is 1.94. The minimum atomic E-state index is 0.145. The summed E-state index contributed by atoms with van der Waals surface area (Å²) in [5.41, 5.74) is 3.46. The van der Waals surface area contributed by atoms with Crippen LogP contribution in [0.5, 0.6) is 0 Å². The fourth-order valence-corrected chi connectivity index (χ4v) is 1.96. The summed E-state index contributed by atoms with van der Waals surface area (Å²) in [5, 5.41) is 0. The lowest BCUT2D eigenvalue weighted by molar-refractivity contribution is -0.129. The quantitative estimate of drug-likeness (QED) is 0.819. The fraction of sp³-hybridized carbons (Fsp3) is 0.235. The summed E-state index contributed by atoms with van der Waals surface area (Å²) in [6.45, 7) is 2.72. The Hall–Kier alpha value is -2.09. The van der Waals surface area contributed by atoms with Crippen molar-refractivity contribution in [2.45, 2.75) is 19.9 Å². The van der Waals surface area contributed by atoms with Gasteiger partial charge in [0.1, 0.15) is 0 Å². The van der Waals surface area contributed by atoms with Crippen molar-refractivity contribution in [3.8, 4) is 0 Å². The second kappa shape index (κ2) is 6.19. The Morgan fingerprint density at radius 2 is 1.58 bits per heavy atom. The van der Waals surface area contributed by atoms with Gasteiger partial charge >= 0.3 is 0 Å². The second-order valence-corrected chi connectivity index (χ2v) is 4.90. The van der Waals surface area contributed by atoms with E-state index in [1.165, 1.54) is 5.56 Å². The summed E-state index contributed by atoms with van der Waals surface area (Å²) < 4.78 is 0. The molecule has 0 saturated heterocycles. The van der Waals surface area contributed by atoms with Gasteiger partial charge in [-0.2, -0.15) is 0 Å². The highest BCUT2D eigenvalue weighted by Gasteiger charge is 2.09. The molecule has 0 N–H and O–H groups in total. The van der Waals surface area contributed by atoms with Crippen LogP contribution in [0.2, 0.25) is 0 Å². The van der Waals surface area contributed by atoms with Gasteiger partial charge in [0.2, 0.25) is 5.91 Å². The molecule has 0 radical (unpaired) electrons. The number of hydrogen-bond donors (Lipinski definition) is 0. The highest BCUT2D eigenvalue weighted by molar-refractivity contribution is 5.78. The van der Waals surface area contributed by atoms with Crippen molar-refractivity contribution < 1.29 is 4.79 Å². The van der Waals surface area contributed by atoms with E-state index in [0.29, 0.717) is 13.0 Å². The van der Waals surface area contributed by atoms with E-state index in [2.05, 4.69) is 31.2 Å². The van der Waals surface area contributed by atoms with Crippen molar-refractivity contribution >= 4 is 5.91 Å². The van der Waals surface area contributed by atoms with Gasteiger partial charge in [0.15, 0.2) is 0 Å². The molecule has 0 bridgehead atoms. The van der Waals surface area contributed by atoms with Crippen molar-refractivity contribution in [3.63, 3.8) is 0 Å². The predicted molar refractivity (Wildman–Crippen MR) is 77.8 cm³/mol. The molecule has 1 amide bonds. The van der Waals surface area contributed by atoms with Crippen molar-refractivity contribution in [1.29, 1.82) is 0 Å². The molecule has 98 valence electrons. The maximum absolute atomic E-state index is 12.1. The summed E-state index contributed by atoms with van der Waals surface area (Å²) in [7, 11) is 1.85. The molecule has 0 heterocycles. The third-order valence-electron chi connectivity index (χ3n) is 3.16. The number of carbonyl (C=O) groups excluding carboxylic acids is 1. The highest BCUT2D eigenvalue weighted by atomic mass is 16.2. The zero-order valence-electron chi connectivity index (χ0n) is 11.5. The summed E-state index contributed by atoms with van der Waals surface area (Å²) in [6, 6.07) is 18.1. The standard InChI is InChI=1S/C17H19NO/c1-14-8-10-16(11-9-14)13-18(2)17(19)12-15-6-4-3-5-7-15/h3-11H,12-13H2,1-2H3. The van der Waals surface area contributed by atoms with Crippen molar-refractivity contribution in [1.82, 2.24) is 4.90 Å². The summed E-state index contributed by atoms with van der Waals surface area (Å²) in [6.07, 6.45) is 0.462. The summed E-state index contributed by atoms with van der Waals surface area (Å²) in [4.78, 5) is 13.9. The van der Waals surface area contributed by atoms with Crippen molar-refractivity contribution in [2.75, 3.05) is 7.05 Å². The first kappa shape index (κ1) is 13.3. The molecule has 0 unspecified atom stereocenters. The average molecular weight is 253 g/mol. The van der Waals surface area contributed by atoms with E-state index < -0.39 is 0 Å². The molecule has 2 aromatic rings. The normalized spacial score (nSPS) is 10.2. The molecule has 0 aliphatic heterocycles. The van der Waals surface area contributed by atoms with Crippen LogP contribution in [0.1, 0.15) is 16.7 Å².